The minimum Gasteiger partial charge on any atom is -0.493 e. The molecular weight excluding hydrogens is 236 g/mol. The van der Waals surface area contributed by atoms with Gasteiger partial charge in [0.2, 0.25) is 5.82 Å². The number of methoxy groups -OCH3 is 2. The summed E-state index contributed by atoms with van der Waals surface area (Å²) in [5, 5.41) is 0. The van der Waals surface area contributed by atoms with Crippen molar-refractivity contribution in [1.29, 1.82) is 0 Å². The number of aromatic amines is 1. The number of benzene rings is 1. The summed E-state index contributed by atoms with van der Waals surface area (Å²) in [6, 6.07) is 3.43. The zero-order valence-corrected chi connectivity index (χ0v) is 10.4. The van der Waals surface area contributed by atoms with Crippen LogP contribution in [-0.4, -0.2) is 36.8 Å². The summed E-state index contributed by atoms with van der Waals surface area (Å²) >= 11 is 0. The van der Waals surface area contributed by atoms with Gasteiger partial charge in [0.15, 0.2) is 11.5 Å². The summed E-state index contributed by atoms with van der Waals surface area (Å²) in [6.45, 7) is 2.05. The van der Waals surface area contributed by atoms with Crippen LogP contribution in [-0.2, 0) is 4.74 Å². The van der Waals surface area contributed by atoms with Crippen molar-refractivity contribution in [3.05, 3.63) is 18.0 Å². The number of fused-ring (bicyclic) bond motifs is 1. The summed E-state index contributed by atoms with van der Waals surface area (Å²) < 4.78 is 15.2. The highest BCUT2D eigenvalue weighted by Gasteiger charge is 2.14. The third-order valence-electron chi connectivity index (χ3n) is 2.46. The second kappa shape index (κ2) is 4.95. The Morgan fingerprint density at radius 1 is 1.28 bits per heavy atom. The van der Waals surface area contributed by atoms with Crippen LogP contribution in [0.2, 0.25) is 0 Å². The molecule has 18 heavy (non-hydrogen) atoms. The first-order chi connectivity index (χ1) is 8.69. The van der Waals surface area contributed by atoms with Crippen molar-refractivity contribution < 1.29 is 19.0 Å². The number of carbonyl (C=O) groups is 1. The van der Waals surface area contributed by atoms with Gasteiger partial charge in [-0.1, -0.05) is 0 Å². The Kier molecular flexibility index (Phi) is 3.36. The standard InChI is InChI=1S/C12H14N2O4/c1-4-18-12(15)11-13-7-5-9(16-2)10(17-3)6-8(7)14-11/h5-6H,4H2,1-3H3,(H,13,14). The fraction of sp³-hybridized carbons (Fsp3) is 0.333. The first-order valence-electron chi connectivity index (χ1n) is 5.48. The number of rotatable bonds is 4. The van der Waals surface area contributed by atoms with Crippen molar-refractivity contribution in [2.24, 2.45) is 0 Å². The van der Waals surface area contributed by atoms with E-state index >= 15 is 0 Å². The Bertz CT molecular complexity index is 536. The van der Waals surface area contributed by atoms with Crippen LogP contribution in [0.5, 0.6) is 11.5 Å². The van der Waals surface area contributed by atoms with Crippen molar-refractivity contribution in [2.75, 3.05) is 20.8 Å². The van der Waals surface area contributed by atoms with Crippen LogP contribution < -0.4 is 9.47 Å². The van der Waals surface area contributed by atoms with Gasteiger partial charge >= 0.3 is 5.97 Å². The van der Waals surface area contributed by atoms with Crippen LogP contribution in [0, 0.1) is 0 Å². The normalized spacial score (nSPS) is 10.4. The number of aromatic nitrogens is 2. The zero-order valence-electron chi connectivity index (χ0n) is 10.4. The van der Waals surface area contributed by atoms with Crippen molar-refractivity contribution >= 4 is 17.0 Å². The van der Waals surface area contributed by atoms with Crippen molar-refractivity contribution in [3.63, 3.8) is 0 Å². The van der Waals surface area contributed by atoms with E-state index in [0.717, 1.165) is 0 Å². The Morgan fingerprint density at radius 3 is 2.56 bits per heavy atom. The molecule has 0 saturated heterocycles. The summed E-state index contributed by atoms with van der Waals surface area (Å²) in [6.07, 6.45) is 0. The van der Waals surface area contributed by atoms with Gasteiger partial charge in [0, 0.05) is 12.1 Å². The molecule has 0 aliphatic heterocycles. The van der Waals surface area contributed by atoms with E-state index in [1.54, 1.807) is 33.3 Å². The fourth-order valence-electron chi connectivity index (χ4n) is 1.63. The van der Waals surface area contributed by atoms with Gasteiger partial charge in [0.25, 0.3) is 0 Å². The first-order valence-corrected chi connectivity index (χ1v) is 5.48. The maximum absolute atomic E-state index is 11.5. The number of H-pyrrole nitrogens is 1. The smallest absolute Gasteiger partial charge is 0.374 e. The van der Waals surface area contributed by atoms with Crippen LogP contribution in [0.4, 0.5) is 0 Å². The molecule has 0 atom stereocenters. The lowest BCUT2D eigenvalue weighted by atomic mass is 10.3. The molecular formula is C12H14N2O4. The van der Waals surface area contributed by atoms with Gasteiger partial charge in [0.05, 0.1) is 31.9 Å². The number of imidazole rings is 1. The lowest BCUT2D eigenvalue weighted by Gasteiger charge is -2.06. The summed E-state index contributed by atoms with van der Waals surface area (Å²) in [4.78, 5) is 18.6. The Labute approximate surface area is 104 Å². The van der Waals surface area contributed by atoms with Crippen molar-refractivity contribution in [3.8, 4) is 11.5 Å². The van der Waals surface area contributed by atoms with E-state index in [9.17, 15) is 4.79 Å². The summed E-state index contributed by atoms with van der Waals surface area (Å²) in [5.74, 6) is 0.824. The number of esters is 1. The number of ether oxygens (including phenoxy) is 3. The van der Waals surface area contributed by atoms with Crippen molar-refractivity contribution in [2.45, 2.75) is 6.92 Å². The molecule has 0 bridgehead atoms. The third-order valence-corrected chi connectivity index (χ3v) is 2.46. The fourth-order valence-corrected chi connectivity index (χ4v) is 1.63. The predicted octanol–water partition coefficient (Wildman–Crippen LogP) is 1.76. The van der Waals surface area contributed by atoms with Gasteiger partial charge in [-0.3, -0.25) is 0 Å². The lowest BCUT2D eigenvalue weighted by molar-refractivity contribution is 0.0514. The highest BCUT2D eigenvalue weighted by Crippen LogP contribution is 2.31. The van der Waals surface area contributed by atoms with E-state index in [2.05, 4.69) is 9.97 Å². The number of nitrogens with zero attached hydrogens (tertiary/aromatic N) is 1. The lowest BCUT2D eigenvalue weighted by Crippen LogP contribution is -2.06. The third kappa shape index (κ3) is 2.09. The molecule has 0 radical (unpaired) electrons. The minimum absolute atomic E-state index is 0.169. The highest BCUT2D eigenvalue weighted by atomic mass is 16.5. The molecule has 0 aliphatic carbocycles. The molecule has 1 N–H and O–H groups in total. The van der Waals surface area contributed by atoms with E-state index in [0.29, 0.717) is 29.1 Å². The van der Waals surface area contributed by atoms with Gasteiger partial charge < -0.3 is 19.2 Å². The second-order valence-corrected chi connectivity index (χ2v) is 3.53. The molecule has 2 aromatic rings. The number of hydrogen-bond donors (Lipinski definition) is 1. The number of hydrogen-bond acceptors (Lipinski definition) is 5. The monoisotopic (exact) mass is 250 g/mol. The van der Waals surface area contributed by atoms with E-state index in [-0.39, 0.29) is 5.82 Å². The van der Waals surface area contributed by atoms with Crippen LogP contribution in [0.1, 0.15) is 17.5 Å². The number of nitrogens with one attached hydrogen (secondary N) is 1. The molecule has 0 amide bonds. The van der Waals surface area contributed by atoms with Crippen molar-refractivity contribution in [1.82, 2.24) is 9.97 Å². The molecule has 1 heterocycles. The molecule has 1 aromatic carbocycles. The molecule has 0 saturated carbocycles. The van der Waals surface area contributed by atoms with Gasteiger partial charge in [-0.25, -0.2) is 9.78 Å². The molecule has 0 aliphatic rings. The Hall–Kier alpha value is -2.24. The first kappa shape index (κ1) is 12.2. The van der Waals surface area contributed by atoms with E-state index in [4.69, 9.17) is 14.2 Å². The topological polar surface area (TPSA) is 73.4 Å². The molecule has 0 spiro atoms. The molecule has 0 unspecified atom stereocenters. The predicted molar refractivity (Wildman–Crippen MR) is 65.2 cm³/mol. The molecule has 6 nitrogen and oxygen atoms in total. The minimum atomic E-state index is -0.480. The van der Waals surface area contributed by atoms with Crippen LogP contribution >= 0.6 is 0 Å². The van der Waals surface area contributed by atoms with E-state index in [1.165, 1.54) is 0 Å². The Balaban J connectivity index is 2.47. The SMILES string of the molecule is CCOC(=O)c1nc2cc(OC)c(OC)cc2[nH]1. The van der Waals surface area contributed by atoms with Gasteiger partial charge in [-0.05, 0) is 6.92 Å². The van der Waals surface area contributed by atoms with E-state index < -0.39 is 5.97 Å². The van der Waals surface area contributed by atoms with Crippen LogP contribution in [0.15, 0.2) is 12.1 Å². The molecule has 1 aromatic heterocycles. The molecule has 96 valence electrons. The highest BCUT2D eigenvalue weighted by molar-refractivity contribution is 5.91. The van der Waals surface area contributed by atoms with Gasteiger partial charge in [-0.2, -0.15) is 0 Å². The molecule has 0 fully saturated rings. The van der Waals surface area contributed by atoms with Crippen LogP contribution in [0.3, 0.4) is 0 Å². The maximum atomic E-state index is 11.5. The average molecular weight is 250 g/mol. The largest absolute Gasteiger partial charge is 0.493 e. The van der Waals surface area contributed by atoms with Crippen LogP contribution in [0.25, 0.3) is 11.0 Å². The molecule has 6 heteroatoms. The quantitative estimate of drug-likeness (QED) is 0.837. The van der Waals surface area contributed by atoms with Gasteiger partial charge in [0.1, 0.15) is 0 Å². The number of carbonyl (C=O) groups excluding carboxylic acids is 1. The summed E-state index contributed by atoms with van der Waals surface area (Å²) in [5.41, 5.74) is 1.31. The van der Waals surface area contributed by atoms with Gasteiger partial charge in [-0.15, -0.1) is 0 Å². The molecule has 2 rings (SSSR count). The summed E-state index contributed by atoms with van der Waals surface area (Å²) in [7, 11) is 3.09. The zero-order chi connectivity index (χ0) is 13.1. The maximum Gasteiger partial charge on any atom is 0.374 e. The van der Waals surface area contributed by atoms with E-state index in [1.807, 2.05) is 0 Å². The second-order valence-electron chi connectivity index (χ2n) is 3.53. The average Bonchev–Trinajstić information content (AvgIpc) is 2.80. The Morgan fingerprint density at radius 2 is 1.94 bits per heavy atom.